The lowest BCUT2D eigenvalue weighted by molar-refractivity contribution is -0.0352. The maximum Gasteiger partial charge on any atom is 0.126 e. The van der Waals surface area contributed by atoms with Crippen molar-refractivity contribution in [2.45, 2.75) is 12.6 Å². The van der Waals surface area contributed by atoms with Crippen molar-refractivity contribution in [3.05, 3.63) is 41.9 Å². The van der Waals surface area contributed by atoms with Gasteiger partial charge in [0, 0.05) is 38.6 Å². The topological polar surface area (TPSA) is 66.1 Å². The van der Waals surface area contributed by atoms with Crippen LogP contribution < -0.4 is 5.32 Å². The minimum atomic E-state index is 0.0278. The minimum Gasteiger partial charge on any atom is -0.373 e. The van der Waals surface area contributed by atoms with Crippen LogP contribution in [0.4, 0.5) is 5.82 Å². The molecule has 2 aromatic heterocycles. The number of aromatic nitrogens is 3. The number of H-pyrrole nitrogens is 1. The standard InChI is InChI=1S/C14H19N5O/c1-15-14-4-2-3-12(17-14)13-10-19(7-8-20-13)9-11-5-6-16-18-11/h2-6,13H,7-10H2,1H3,(H,15,17)(H,16,18)/t13-/m1/s1. The van der Waals surface area contributed by atoms with E-state index in [1.54, 1.807) is 6.20 Å². The van der Waals surface area contributed by atoms with E-state index >= 15 is 0 Å². The van der Waals surface area contributed by atoms with Crippen LogP contribution in [0.25, 0.3) is 0 Å². The molecule has 0 spiro atoms. The summed E-state index contributed by atoms with van der Waals surface area (Å²) in [5.74, 6) is 0.872. The Kier molecular flexibility index (Phi) is 3.94. The number of ether oxygens (including phenoxy) is 1. The molecule has 1 atom stereocenters. The first-order valence-corrected chi connectivity index (χ1v) is 6.82. The largest absolute Gasteiger partial charge is 0.373 e. The third-order valence-electron chi connectivity index (χ3n) is 3.46. The first-order valence-electron chi connectivity index (χ1n) is 6.82. The molecule has 6 heteroatoms. The molecular formula is C14H19N5O. The van der Waals surface area contributed by atoms with Gasteiger partial charge in [0.15, 0.2) is 0 Å². The van der Waals surface area contributed by atoms with E-state index in [-0.39, 0.29) is 6.10 Å². The molecule has 0 aromatic carbocycles. The van der Waals surface area contributed by atoms with Gasteiger partial charge in [0.05, 0.1) is 12.3 Å². The molecule has 1 saturated heterocycles. The average Bonchev–Trinajstić information content (AvgIpc) is 3.00. The fraction of sp³-hybridized carbons (Fsp3) is 0.429. The van der Waals surface area contributed by atoms with Crippen molar-refractivity contribution in [2.24, 2.45) is 0 Å². The summed E-state index contributed by atoms with van der Waals surface area (Å²) in [5, 5.41) is 10.0. The molecule has 1 fully saturated rings. The number of hydrogen-bond donors (Lipinski definition) is 2. The summed E-state index contributed by atoms with van der Waals surface area (Å²) in [6.45, 7) is 3.37. The summed E-state index contributed by atoms with van der Waals surface area (Å²) in [4.78, 5) is 6.92. The van der Waals surface area contributed by atoms with Crippen LogP contribution in [0.1, 0.15) is 17.5 Å². The van der Waals surface area contributed by atoms with E-state index in [1.165, 1.54) is 0 Å². The van der Waals surface area contributed by atoms with Gasteiger partial charge in [0.2, 0.25) is 0 Å². The molecule has 106 valence electrons. The Morgan fingerprint density at radius 1 is 1.45 bits per heavy atom. The zero-order valence-corrected chi connectivity index (χ0v) is 11.5. The predicted molar refractivity (Wildman–Crippen MR) is 76.3 cm³/mol. The summed E-state index contributed by atoms with van der Waals surface area (Å²) in [6, 6.07) is 7.98. The molecule has 20 heavy (non-hydrogen) atoms. The van der Waals surface area contributed by atoms with Gasteiger partial charge >= 0.3 is 0 Å². The van der Waals surface area contributed by atoms with Crippen LogP contribution in [0.15, 0.2) is 30.5 Å². The SMILES string of the molecule is CNc1cccc([C@H]2CN(Cc3ccn[nH]3)CCO2)n1. The molecular weight excluding hydrogens is 254 g/mol. The van der Waals surface area contributed by atoms with Crippen LogP contribution in [-0.4, -0.2) is 46.8 Å². The monoisotopic (exact) mass is 273 g/mol. The molecule has 0 unspecified atom stereocenters. The molecule has 2 N–H and O–H groups in total. The lowest BCUT2D eigenvalue weighted by Gasteiger charge is -2.32. The number of morpholine rings is 1. The number of hydrogen-bond acceptors (Lipinski definition) is 5. The Morgan fingerprint density at radius 3 is 3.20 bits per heavy atom. The van der Waals surface area contributed by atoms with E-state index in [2.05, 4.69) is 25.4 Å². The van der Waals surface area contributed by atoms with Gasteiger partial charge in [-0.05, 0) is 18.2 Å². The maximum atomic E-state index is 5.86. The fourth-order valence-electron chi connectivity index (χ4n) is 2.41. The van der Waals surface area contributed by atoms with Crippen molar-refractivity contribution in [2.75, 3.05) is 32.1 Å². The molecule has 0 amide bonds. The second kappa shape index (κ2) is 6.02. The molecule has 1 aliphatic rings. The summed E-state index contributed by atoms with van der Waals surface area (Å²) in [7, 11) is 1.87. The van der Waals surface area contributed by atoms with Crippen LogP contribution in [-0.2, 0) is 11.3 Å². The summed E-state index contributed by atoms with van der Waals surface area (Å²) in [6.07, 6.45) is 1.81. The van der Waals surface area contributed by atoms with E-state index in [0.717, 1.165) is 43.4 Å². The molecule has 0 bridgehead atoms. The minimum absolute atomic E-state index is 0.0278. The third kappa shape index (κ3) is 2.97. The second-order valence-electron chi connectivity index (χ2n) is 4.87. The van der Waals surface area contributed by atoms with Gasteiger partial charge in [-0.15, -0.1) is 0 Å². The molecule has 0 aliphatic carbocycles. The number of rotatable bonds is 4. The van der Waals surface area contributed by atoms with Crippen molar-refractivity contribution in [3.8, 4) is 0 Å². The zero-order chi connectivity index (χ0) is 13.8. The summed E-state index contributed by atoms with van der Waals surface area (Å²) >= 11 is 0. The molecule has 1 aliphatic heterocycles. The number of anilines is 1. The predicted octanol–water partition coefficient (Wildman–Crippen LogP) is 1.42. The van der Waals surface area contributed by atoms with Gasteiger partial charge in [-0.1, -0.05) is 6.07 Å². The smallest absolute Gasteiger partial charge is 0.126 e. The Balaban J connectivity index is 1.68. The van der Waals surface area contributed by atoms with Crippen LogP contribution in [0, 0.1) is 0 Å². The molecule has 3 heterocycles. The van der Waals surface area contributed by atoms with Gasteiger partial charge in [-0.2, -0.15) is 5.10 Å². The Hall–Kier alpha value is -1.92. The molecule has 3 rings (SSSR count). The maximum absolute atomic E-state index is 5.86. The average molecular weight is 273 g/mol. The fourth-order valence-corrected chi connectivity index (χ4v) is 2.41. The Labute approximate surface area is 118 Å². The lowest BCUT2D eigenvalue weighted by Crippen LogP contribution is -2.38. The van der Waals surface area contributed by atoms with E-state index in [0.29, 0.717) is 0 Å². The summed E-state index contributed by atoms with van der Waals surface area (Å²) in [5.41, 5.74) is 2.11. The highest BCUT2D eigenvalue weighted by atomic mass is 16.5. The van der Waals surface area contributed by atoms with Gasteiger partial charge in [-0.25, -0.2) is 4.98 Å². The first-order chi connectivity index (χ1) is 9.85. The number of pyridine rings is 1. The van der Waals surface area contributed by atoms with Crippen molar-refractivity contribution < 1.29 is 4.74 Å². The Morgan fingerprint density at radius 2 is 2.40 bits per heavy atom. The van der Waals surface area contributed by atoms with Gasteiger partial charge in [-0.3, -0.25) is 10.00 Å². The quantitative estimate of drug-likeness (QED) is 0.882. The van der Waals surface area contributed by atoms with Crippen LogP contribution in [0.3, 0.4) is 0 Å². The summed E-state index contributed by atoms with van der Waals surface area (Å²) < 4.78 is 5.86. The third-order valence-corrected chi connectivity index (χ3v) is 3.46. The molecule has 6 nitrogen and oxygen atoms in total. The molecule has 0 radical (unpaired) electrons. The normalized spacial score (nSPS) is 19.9. The van der Waals surface area contributed by atoms with E-state index in [9.17, 15) is 0 Å². The van der Waals surface area contributed by atoms with Crippen LogP contribution in [0.5, 0.6) is 0 Å². The van der Waals surface area contributed by atoms with Crippen LogP contribution in [0.2, 0.25) is 0 Å². The highest BCUT2D eigenvalue weighted by Gasteiger charge is 2.23. The lowest BCUT2D eigenvalue weighted by atomic mass is 10.2. The van der Waals surface area contributed by atoms with E-state index in [1.807, 2.05) is 31.3 Å². The molecule has 2 aromatic rings. The van der Waals surface area contributed by atoms with Gasteiger partial charge < -0.3 is 10.1 Å². The van der Waals surface area contributed by atoms with Crippen molar-refractivity contribution in [1.29, 1.82) is 0 Å². The van der Waals surface area contributed by atoms with Crippen molar-refractivity contribution in [1.82, 2.24) is 20.1 Å². The Bertz CT molecular complexity index is 542. The zero-order valence-electron chi connectivity index (χ0n) is 11.5. The second-order valence-corrected chi connectivity index (χ2v) is 4.87. The number of aromatic amines is 1. The van der Waals surface area contributed by atoms with Crippen molar-refractivity contribution in [3.63, 3.8) is 0 Å². The highest BCUT2D eigenvalue weighted by Crippen LogP contribution is 2.22. The highest BCUT2D eigenvalue weighted by molar-refractivity contribution is 5.34. The van der Waals surface area contributed by atoms with Gasteiger partial charge in [0.1, 0.15) is 11.9 Å². The van der Waals surface area contributed by atoms with E-state index in [4.69, 9.17) is 4.74 Å². The molecule has 0 saturated carbocycles. The number of nitrogens with zero attached hydrogens (tertiary/aromatic N) is 3. The first kappa shape index (κ1) is 13.1. The van der Waals surface area contributed by atoms with E-state index < -0.39 is 0 Å². The number of nitrogens with one attached hydrogen (secondary N) is 2. The van der Waals surface area contributed by atoms with Crippen molar-refractivity contribution >= 4 is 5.82 Å². The van der Waals surface area contributed by atoms with Gasteiger partial charge in [0.25, 0.3) is 0 Å². The van der Waals surface area contributed by atoms with Crippen LogP contribution >= 0.6 is 0 Å².